The minimum Gasteiger partial charge on any atom is -0.508 e. The van der Waals surface area contributed by atoms with E-state index in [1.807, 2.05) is 12.1 Å². The Kier molecular flexibility index (Phi) is 19.2. The first-order chi connectivity index (χ1) is 16.6. The van der Waals surface area contributed by atoms with Gasteiger partial charge in [-0.1, -0.05) is 115 Å². The van der Waals surface area contributed by atoms with Crippen LogP contribution in [0.5, 0.6) is 5.75 Å². The molecular formula is C30H51NO3. The van der Waals surface area contributed by atoms with Crippen molar-refractivity contribution in [1.82, 2.24) is 5.32 Å². The highest BCUT2D eigenvalue weighted by Crippen LogP contribution is 2.14. The Balaban J connectivity index is 1.83. The standard InChI is InChI=1S/C30H51NO3/c1-2-3-4-5-6-7-8-9-10-11-12-13-14-15-18-21-29(33)31-30(34)22-19-16-17-20-27-23-25-28(32)26-24-27/h23-26,32H,2-22H2,1H3,(H,31,33,34). The number of aryl methyl sites for hydroxylation is 1. The van der Waals surface area contributed by atoms with Crippen LogP contribution in [0.3, 0.4) is 0 Å². The fourth-order valence-corrected chi connectivity index (χ4v) is 4.39. The molecular weight excluding hydrogens is 422 g/mol. The fraction of sp³-hybridized carbons (Fsp3) is 0.733. The molecule has 0 radical (unpaired) electrons. The van der Waals surface area contributed by atoms with Crippen LogP contribution in [0.1, 0.15) is 141 Å². The molecule has 0 saturated carbocycles. The van der Waals surface area contributed by atoms with Crippen LogP contribution in [0, 0.1) is 0 Å². The first-order valence-electron chi connectivity index (χ1n) is 14.2. The zero-order valence-corrected chi connectivity index (χ0v) is 21.9. The van der Waals surface area contributed by atoms with Gasteiger partial charge in [-0.3, -0.25) is 14.9 Å². The normalized spacial score (nSPS) is 11.0. The third-order valence-corrected chi connectivity index (χ3v) is 6.59. The summed E-state index contributed by atoms with van der Waals surface area (Å²) in [5.74, 6) is 0.0220. The largest absolute Gasteiger partial charge is 0.508 e. The second kappa shape index (κ2) is 21.7. The van der Waals surface area contributed by atoms with Crippen molar-refractivity contribution in [1.29, 1.82) is 0 Å². The molecule has 194 valence electrons. The summed E-state index contributed by atoms with van der Waals surface area (Å²) >= 11 is 0. The number of imide groups is 1. The second-order valence-electron chi connectivity index (χ2n) is 9.90. The summed E-state index contributed by atoms with van der Waals surface area (Å²) in [4.78, 5) is 23.9. The maximum atomic E-state index is 11.9. The van der Waals surface area contributed by atoms with Crippen LogP contribution in [0.25, 0.3) is 0 Å². The van der Waals surface area contributed by atoms with Crippen LogP contribution in [-0.4, -0.2) is 16.9 Å². The summed E-state index contributed by atoms with van der Waals surface area (Å²) in [7, 11) is 0. The fourth-order valence-electron chi connectivity index (χ4n) is 4.39. The molecule has 0 bridgehead atoms. The van der Waals surface area contributed by atoms with Gasteiger partial charge in [0, 0.05) is 12.8 Å². The molecule has 0 aromatic heterocycles. The van der Waals surface area contributed by atoms with Crippen LogP contribution < -0.4 is 5.32 Å². The van der Waals surface area contributed by atoms with E-state index in [9.17, 15) is 14.7 Å². The van der Waals surface area contributed by atoms with Gasteiger partial charge in [0.25, 0.3) is 0 Å². The molecule has 4 nitrogen and oxygen atoms in total. The van der Waals surface area contributed by atoms with Crippen molar-refractivity contribution < 1.29 is 14.7 Å². The zero-order valence-electron chi connectivity index (χ0n) is 21.9. The summed E-state index contributed by atoms with van der Waals surface area (Å²) < 4.78 is 0. The van der Waals surface area contributed by atoms with Crippen molar-refractivity contribution in [3.63, 3.8) is 0 Å². The lowest BCUT2D eigenvalue weighted by Gasteiger charge is -2.05. The summed E-state index contributed by atoms with van der Waals surface area (Å²) in [6.07, 6.45) is 24.2. The average molecular weight is 474 g/mol. The number of hydrogen-bond acceptors (Lipinski definition) is 3. The Morgan fingerprint density at radius 3 is 1.41 bits per heavy atom. The number of phenols is 1. The first kappa shape index (κ1) is 30.2. The third-order valence-electron chi connectivity index (χ3n) is 6.59. The topological polar surface area (TPSA) is 66.4 Å². The SMILES string of the molecule is CCCCCCCCCCCCCCCCCC(=O)NC(=O)CCCCCc1ccc(O)cc1. The van der Waals surface area contributed by atoms with Crippen molar-refractivity contribution in [2.45, 2.75) is 142 Å². The molecule has 0 fully saturated rings. The van der Waals surface area contributed by atoms with Gasteiger partial charge < -0.3 is 5.11 Å². The predicted molar refractivity (Wildman–Crippen MR) is 143 cm³/mol. The van der Waals surface area contributed by atoms with Gasteiger partial charge in [-0.15, -0.1) is 0 Å². The van der Waals surface area contributed by atoms with Crippen molar-refractivity contribution in [2.24, 2.45) is 0 Å². The Labute approximate surface area is 209 Å². The van der Waals surface area contributed by atoms with Crippen LogP contribution in [0.2, 0.25) is 0 Å². The van der Waals surface area contributed by atoms with E-state index >= 15 is 0 Å². The summed E-state index contributed by atoms with van der Waals surface area (Å²) in [5.41, 5.74) is 1.20. The number of phenolic OH excluding ortho intramolecular Hbond substituents is 1. The Hall–Kier alpha value is -1.84. The number of hydrogen-bond donors (Lipinski definition) is 2. The van der Waals surface area contributed by atoms with Gasteiger partial charge in [0.2, 0.25) is 11.8 Å². The van der Waals surface area contributed by atoms with Gasteiger partial charge in [0.15, 0.2) is 0 Å². The molecule has 0 heterocycles. The van der Waals surface area contributed by atoms with Crippen LogP contribution in [-0.2, 0) is 16.0 Å². The molecule has 0 aliphatic carbocycles. The van der Waals surface area contributed by atoms with Gasteiger partial charge in [-0.25, -0.2) is 0 Å². The summed E-state index contributed by atoms with van der Waals surface area (Å²) in [5, 5.41) is 11.8. The molecule has 0 atom stereocenters. The number of amides is 2. The van der Waals surface area contributed by atoms with E-state index in [1.165, 1.54) is 89.0 Å². The zero-order chi connectivity index (χ0) is 24.7. The molecule has 1 aromatic carbocycles. The van der Waals surface area contributed by atoms with Crippen molar-refractivity contribution in [3.05, 3.63) is 29.8 Å². The lowest BCUT2D eigenvalue weighted by atomic mass is 10.0. The molecule has 0 unspecified atom stereocenters. The Morgan fingerprint density at radius 2 is 0.971 bits per heavy atom. The smallest absolute Gasteiger partial charge is 0.226 e. The van der Waals surface area contributed by atoms with Crippen LogP contribution >= 0.6 is 0 Å². The molecule has 0 aliphatic heterocycles. The molecule has 2 amide bonds. The number of rotatable bonds is 22. The number of carbonyl (C=O) groups is 2. The van der Waals surface area contributed by atoms with Crippen molar-refractivity contribution in [3.8, 4) is 5.75 Å². The second-order valence-corrected chi connectivity index (χ2v) is 9.90. The molecule has 0 saturated heterocycles. The number of aromatic hydroxyl groups is 1. The number of carbonyl (C=O) groups excluding carboxylic acids is 2. The number of unbranched alkanes of at least 4 members (excludes halogenated alkanes) is 16. The van der Waals surface area contributed by atoms with Gasteiger partial charge in [-0.05, 0) is 43.4 Å². The van der Waals surface area contributed by atoms with E-state index in [1.54, 1.807) is 12.1 Å². The van der Waals surface area contributed by atoms with E-state index in [4.69, 9.17) is 0 Å². The molecule has 1 aromatic rings. The van der Waals surface area contributed by atoms with Gasteiger partial charge in [0.1, 0.15) is 5.75 Å². The molecule has 1 rings (SSSR count). The van der Waals surface area contributed by atoms with E-state index in [0.717, 1.165) is 38.5 Å². The Bertz CT molecular complexity index is 626. The van der Waals surface area contributed by atoms with Gasteiger partial charge in [0.05, 0.1) is 0 Å². The van der Waals surface area contributed by atoms with E-state index in [2.05, 4.69) is 12.2 Å². The molecule has 0 aliphatic rings. The maximum Gasteiger partial charge on any atom is 0.226 e. The van der Waals surface area contributed by atoms with Crippen molar-refractivity contribution >= 4 is 11.8 Å². The maximum absolute atomic E-state index is 11.9. The number of benzene rings is 1. The quantitative estimate of drug-likeness (QED) is 0.166. The van der Waals surface area contributed by atoms with Crippen LogP contribution in [0.4, 0.5) is 0 Å². The summed E-state index contributed by atoms with van der Waals surface area (Å²) in [6, 6.07) is 7.26. The van der Waals surface area contributed by atoms with Gasteiger partial charge >= 0.3 is 0 Å². The summed E-state index contributed by atoms with van der Waals surface area (Å²) in [6.45, 7) is 2.27. The average Bonchev–Trinajstić information content (AvgIpc) is 2.82. The van der Waals surface area contributed by atoms with Gasteiger partial charge in [-0.2, -0.15) is 0 Å². The molecule has 0 spiro atoms. The minimum absolute atomic E-state index is 0.121. The van der Waals surface area contributed by atoms with E-state index < -0.39 is 0 Å². The monoisotopic (exact) mass is 473 g/mol. The molecule has 34 heavy (non-hydrogen) atoms. The lowest BCUT2D eigenvalue weighted by molar-refractivity contribution is -0.130. The third kappa shape index (κ3) is 18.6. The highest BCUT2D eigenvalue weighted by molar-refractivity contribution is 5.95. The van der Waals surface area contributed by atoms with Crippen LogP contribution in [0.15, 0.2) is 24.3 Å². The Morgan fingerprint density at radius 1 is 0.588 bits per heavy atom. The molecule has 4 heteroatoms. The number of nitrogens with one attached hydrogen (secondary N) is 1. The highest BCUT2D eigenvalue weighted by Gasteiger charge is 2.07. The highest BCUT2D eigenvalue weighted by atomic mass is 16.3. The van der Waals surface area contributed by atoms with Crippen molar-refractivity contribution in [2.75, 3.05) is 0 Å². The molecule has 2 N–H and O–H groups in total. The predicted octanol–water partition coefficient (Wildman–Crippen LogP) is 8.40. The lowest BCUT2D eigenvalue weighted by Crippen LogP contribution is -2.29. The minimum atomic E-state index is -0.143. The first-order valence-corrected chi connectivity index (χ1v) is 14.2. The van der Waals surface area contributed by atoms with E-state index in [0.29, 0.717) is 12.8 Å². The van der Waals surface area contributed by atoms with E-state index in [-0.39, 0.29) is 17.6 Å².